The topological polar surface area (TPSA) is 151 Å². The summed E-state index contributed by atoms with van der Waals surface area (Å²) in [7, 11) is 0. The van der Waals surface area contributed by atoms with Crippen LogP contribution in [0.15, 0.2) is 53.5 Å². The van der Waals surface area contributed by atoms with Crippen LogP contribution in [0.1, 0.15) is 37.0 Å². The Morgan fingerprint density at radius 1 is 1.00 bits per heavy atom. The van der Waals surface area contributed by atoms with Crippen molar-refractivity contribution in [2.75, 3.05) is 26.3 Å². The van der Waals surface area contributed by atoms with E-state index in [-0.39, 0.29) is 16.1 Å². The van der Waals surface area contributed by atoms with Gasteiger partial charge in [0, 0.05) is 18.7 Å². The molecule has 194 valence electrons. The monoisotopic (exact) mass is 536 g/mol. The molecule has 38 heavy (non-hydrogen) atoms. The average Bonchev–Trinajstić information content (AvgIpc) is 3.53. The van der Waals surface area contributed by atoms with Crippen LogP contribution in [0.4, 0.5) is 4.39 Å². The van der Waals surface area contributed by atoms with Gasteiger partial charge in [0.25, 0.3) is 5.91 Å². The van der Waals surface area contributed by atoms with Crippen LogP contribution in [0.3, 0.4) is 0 Å². The lowest BCUT2D eigenvalue weighted by Gasteiger charge is -2.25. The highest BCUT2D eigenvalue weighted by Gasteiger charge is 2.25. The number of carbonyl (C=O) groups is 3. The van der Waals surface area contributed by atoms with Gasteiger partial charge in [-0.3, -0.25) is 14.4 Å². The number of hydrogen-bond donors (Lipinski definition) is 1. The van der Waals surface area contributed by atoms with Gasteiger partial charge in [-0.15, -0.1) is 10.2 Å². The molecule has 2 aromatic heterocycles. The van der Waals surface area contributed by atoms with Crippen molar-refractivity contribution in [3.8, 4) is 11.4 Å². The normalized spacial score (nSPS) is 14.1. The summed E-state index contributed by atoms with van der Waals surface area (Å²) in [6.07, 6.45) is 0. The first kappa shape index (κ1) is 25.1. The van der Waals surface area contributed by atoms with Gasteiger partial charge in [-0.05, 0) is 67.0 Å². The second-order valence-corrected chi connectivity index (χ2v) is 9.18. The molecule has 0 saturated carbocycles. The van der Waals surface area contributed by atoms with E-state index >= 15 is 0 Å². The molecular weight excluding hydrogens is 515 g/mol. The zero-order valence-corrected chi connectivity index (χ0v) is 20.9. The number of ether oxygens (including phenoxy) is 1. The molecule has 0 unspecified atom stereocenters. The van der Waals surface area contributed by atoms with Crippen LogP contribution in [0.25, 0.3) is 11.4 Å². The smallest absolute Gasteiger partial charge is 0.300 e. The molecule has 2 aromatic carbocycles. The molecule has 14 heteroatoms. The van der Waals surface area contributed by atoms with Crippen LogP contribution in [-0.4, -0.2) is 73.1 Å². The van der Waals surface area contributed by atoms with Gasteiger partial charge in [0.15, 0.2) is 16.1 Å². The number of primary amides is 1. The van der Waals surface area contributed by atoms with E-state index in [0.717, 1.165) is 11.5 Å². The van der Waals surface area contributed by atoms with Gasteiger partial charge < -0.3 is 15.4 Å². The molecule has 1 fully saturated rings. The minimum atomic E-state index is -0.716. The van der Waals surface area contributed by atoms with Gasteiger partial charge in [-0.1, -0.05) is 5.21 Å². The van der Waals surface area contributed by atoms with Crippen LogP contribution < -0.4 is 10.4 Å². The first-order chi connectivity index (χ1) is 18.3. The lowest BCUT2D eigenvalue weighted by atomic mass is 10.2. The fourth-order valence-corrected chi connectivity index (χ4v) is 4.62. The predicted octanol–water partition coefficient (Wildman–Crippen LogP) is 1.27. The number of amides is 3. The fourth-order valence-electron chi connectivity index (χ4n) is 3.77. The Morgan fingerprint density at radius 2 is 1.66 bits per heavy atom. The lowest BCUT2D eigenvalue weighted by molar-refractivity contribution is 0.0297. The Balaban J connectivity index is 1.54. The highest BCUT2D eigenvalue weighted by Crippen LogP contribution is 2.15. The molecule has 3 heterocycles. The number of benzene rings is 2. The number of hydrogen-bond acceptors (Lipinski definition) is 8. The second kappa shape index (κ2) is 10.4. The van der Waals surface area contributed by atoms with E-state index in [9.17, 15) is 18.8 Å². The molecule has 0 radical (unpaired) electrons. The zero-order valence-electron chi connectivity index (χ0n) is 20.1. The first-order valence-electron chi connectivity index (χ1n) is 11.5. The van der Waals surface area contributed by atoms with Crippen molar-refractivity contribution >= 4 is 29.3 Å². The Bertz CT molecular complexity index is 1580. The Kier molecular flexibility index (Phi) is 6.89. The molecular formula is C24H21FN8O4S. The van der Waals surface area contributed by atoms with E-state index in [0.29, 0.717) is 48.9 Å². The van der Waals surface area contributed by atoms with Crippen LogP contribution in [0.2, 0.25) is 0 Å². The van der Waals surface area contributed by atoms with Crippen LogP contribution in [0, 0.1) is 12.7 Å². The van der Waals surface area contributed by atoms with Crippen LogP contribution in [-0.2, 0) is 4.74 Å². The quantitative estimate of drug-likeness (QED) is 0.403. The summed E-state index contributed by atoms with van der Waals surface area (Å²) in [5.41, 5.74) is 7.07. The lowest BCUT2D eigenvalue weighted by Crippen LogP contribution is -2.42. The number of aromatic nitrogens is 5. The molecule has 1 saturated heterocycles. The van der Waals surface area contributed by atoms with E-state index in [1.54, 1.807) is 24.0 Å². The summed E-state index contributed by atoms with van der Waals surface area (Å²) in [6, 6.07) is 11.9. The number of rotatable bonds is 5. The number of nitrogens with two attached hydrogens (primary N) is 1. The van der Waals surface area contributed by atoms with Crippen molar-refractivity contribution in [3.05, 3.63) is 81.7 Å². The SMILES string of the molecule is Cc1c(C(=O)N=c2sn(-c3ccc(C(N)=O)cc3)nc2C(=O)N2CCOCC2)nnn1-c1ccc(F)cc1. The van der Waals surface area contributed by atoms with Crippen LogP contribution in [0.5, 0.6) is 0 Å². The number of nitrogens with zero attached hydrogens (tertiary/aromatic N) is 7. The highest BCUT2D eigenvalue weighted by molar-refractivity contribution is 7.04. The van der Waals surface area contributed by atoms with Crippen LogP contribution >= 0.6 is 11.5 Å². The van der Waals surface area contributed by atoms with E-state index in [4.69, 9.17) is 10.5 Å². The maximum atomic E-state index is 13.3. The number of morpholine rings is 1. The molecule has 0 aliphatic carbocycles. The summed E-state index contributed by atoms with van der Waals surface area (Å²) in [5, 5.41) is 12.4. The minimum absolute atomic E-state index is 0.00666. The van der Waals surface area contributed by atoms with Gasteiger partial charge in [-0.2, -0.15) is 9.06 Å². The van der Waals surface area contributed by atoms with E-state index in [1.807, 2.05) is 0 Å². The molecule has 3 amide bonds. The molecule has 0 bridgehead atoms. The summed E-state index contributed by atoms with van der Waals surface area (Å²) in [5.74, 6) is -2.09. The first-order valence-corrected chi connectivity index (χ1v) is 12.2. The van der Waals surface area contributed by atoms with Gasteiger partial charge in [0.2, 0.25) is 5.91 Å². The van der Waals surface area contributed by atoms with Gasteiger partial charge >= 0.3 is 5.91 Å². The third-order valence-corrected chi connectivity index (χ3v) is 6.73. The molecule has 5 rings (SSSR count). The molecule has 0 atom stereocenters. The van der Waals surface area contributed by atoms with E-state index in [1.165, 1.54) is 45.2 Å². The zero-order chi connectivity index (χ0) is 26.8. The van der Waals surface area contributed by atoms with E-state index < -0.39 is 23.5 Å². The predicted molar refractivity (Wildman–Crippen MR) is 133 cm³/mol. The Morgan fingerprint density at radius 3 is 2.32 bits per heavy atom. The summed E-state index contributed by atoms with van der Waals surface area (Å²) in [6.45, 7) is 3.17. The van der Waals surface area contributed by atoms with Crippen molar-refractivity contribution in [2.45, 2.75) is 6.92 Å². The molecule has 0 spiro atoms. The van der Waals surface area contributed by atoms with E-state index in [2.05, 4.69) is 20.4 Å². The molecule has 1 aliphatic rings. The van der Waals surface area contributed by atoms with Crippen molar-refractivity contribution < 1.29 is 23.5 Å². The summed E-state index contributed by atoms with van der Waals surface area (Å²) < 4.78 is 21.6. The number of halogens is 1. The minimum Gasteiger partial charge on any atom is -0.378 e. The summed E-state index contributed by atoms with van der Waals surface area (Å²) in [4.78, 5) is 43.7. The van der Waals surface area contributed by atoms with Crippen molar-refractivity contribution in [1.29, 1.82) is 0 Å². The third-order valence-electron chi connectivity index (χ3n) is 5.81. The maximum absolute atomic E-state index is 13.3. The van der Waals surface area contributed by atoms with Gasteiger partial charge in [-0.25, -0.2) is 9.07 Å². The molecule has 12 nitrogen and oxygen atoms in total. The Hall–Kier alpha value is -4.56. The largest absolute Gasteiger partial charge is 0.378 e. The maximum Gasteiger partial charge on any atom is 0.300 e. The van der Waals surface area contributed by atoms with Gasteiger partial charge in [0.1, 0.15) is 5.82 Å². The summed E-state index contributed by atoms with van der Waals surface area (Å²) >= 11 is 0.979. The highest BCUT2D eigenvalue weighted by atomic mass is 32.1. The van der Waals surface area contributed by atoms with Crippen molar-refractivity contribution in [2.24, 2.45) is 10.7 Å². The molecule has 4 aromatic rings. The number of carbonyl (C=O) groups excluding carboxylic acids is 3. The van der Waals surface area contributed by atoms with Crippen molar-refractivity contribution in [1.82, 2.24) is 29.1 Å². The molecule has 1 aliphatic heterocycles. The van der Waals surface area contributed by atoms with Crippen molar-refractivity contribution in [3.63, 3.8) is 0 Å². The average molecular weight is 537 g/mol. The second-order valence-electron chi connectivity index (χ2n) is 8.26. The Labute approximate surface area is 218 Å². The third kappa shape index (κ3) is 4.99. The van der Waals surface area contributed by atoms with Gasteiger partial charge in [0.05, 0.1) is 30.3 Å². The standard InChI is InChI=1S/C24H21FN8O4S/c1-14-19(28-30-32(14)17-8-4-16(25)5-9-17)22(35)27-23-20(24(36)31-10-12-37-13-11-31)29-33(38-23)18-6-2-15(3-7-18)21(26)34/h2-9H,10-13H2,1H3,(H2,26,34). The molecule has 2 N–H and O–H groups in total. The fraction of sp³-hybridized carbons (Fsp3) is 0.208.